The van der Waals surface area contributed by atoms with Crippen molar-refractivity contribution in [1.82, 2.24) is 20.0 Å². The molecule has 41 heavy (non-hydrogen) atoms. The molecule has 1 aromatic heterocycles. The first-order valence-electron chi connectivity index (χ1n) is 13.2. The van der Waals surface area contributed by atoms with Crippen LogP contribution in [-0.4, -0.2) is 37.4 Å². The number of hydrogen-bond donors (Lipinski definition) is 3. The van der Waals surface area contributed by atoms with E-state index >= 15 is 0 Å². The van der Waals surface area contributed by atoms with Gasteiger partial charge in [0, 0.05) is 28.7 Å². The van der Waals surface area contributed by atoms with E-state index < -0.39 is 10.0 Å². The van der Waals surface area contributed by atoms with Crippen LogP contribution in [0.4, 0.5) is 5.13 Å². The second kappa shape index (κ2) is 13.4. The maximum Gasteiger partial charge on any atom is 0.263 e. The number of anilines is 1. The number of nitriles is 1. The number of rotatable bonds is 11. The number of nitrogens with zero attached hydrogens (tertiary/aromatic N) is 3. The van der Waals surface area contributed by atoms with Gasteiger partial charge in [-0.2, -0.15) is 9.64 Å². The standard InChI is InChI=1S/C29H29ClN6O3S2/c30-24-4-6-28(39-27-7-5-25(15-23(27)17-31)41(37,38)36-29-34-19-35-40-29)26(16-24)22-3-1-2-21(14-22)18-33-13-10-20-8-11-32-12-9-20/h1-7,14-16,19-20,32-33H,8-13,18H2,(H,34,35,36). The normalized spacial score (nSPS) is 14.0. The third-order valence-electron chi connectivity index (χ3n) is 6.88. The monoisotopic (exact) mass is 608 g/mol. The number of piperidine rings is 1. The highest BCUT2D eigenvalue weighted by molar-refractivity contribution is 7.93. The van der Waals surface area contributed by atoms with Crippen molar-refractivity contribution in [3.05, 3.63) is 83.1 Å². The molecular weight excluding hydrogens is 580 g/mol. The average Bonchev–Trinajstić information content (AvgIpc) is 3.49. The second-order valence-corrected chi connectivity index (χ2v) is 12.6. The Labute approximate surface area is 248 Å². The van der Waals surface area contributed by atoms with Crippen LogP contribution in [0, 0.1) is 17.2 Å². The summed E-state index contributed by atoms with van der Waals surface area (Å²) in [6.45, 7) is 3.94. The van der Waals surface area contributed by atoms with Crippen LogP contribution < -0.4 is 20.1 Å². The Bertz CT molecular complexity index is 1630. The Morgan fingerprint density at radius 2 is 1.93 bits per heavy atom. The Kier molecular flexibility index (Phi) is 9.49. The summed E-state index contributed by atoms with van der Waals surface area (Å²) >= 11 is 7.28. The Morgan fingerprint density at radius 1 is 1.10 bits per heavy atom. The van der Waals surface area contributed by atoms with Crippen LogP contribution in [0.3, 0.4) is 0 Å². The molecule has 1 aliphatic rings. The van der Waals surface area contributed by atoms with Crippen molar-refractivity contribution in [2.75, 3.05) is 24.4 Å². The zero-order valence-electron chi connectivity index (χ0n) is 22.1. The summed E-state index contributed by atoms with van der Waals surface area (Å²) in [7, 11) is -3.96. The van der Waals surface area contributed by atoms with Crippen molar-refractivity contribution < 1.29 is 13.2 Å². The number of ether oxygens (including phenoxy) is 1. The van der Waals surface area contributed by atoms with E-state index in [0.717, 1.165) is 60.3 Å². The lowest BCUT2D eigenvalue weighted by Crippen LogP contribution is -2.29. The molecule has 9 nitrogen and oxygen atoms in total. The molecule has 3 N–H and O–H groups in total. The van der Waals surface area contributed by atoms with Gasteiger partial charge in [0.2, 0.25) is 5.13 Å². The van der Waals surface area contributed by atoms with Crippen LogP contribution in [0.1, 0.15) is 30.4 Å². The molecule has 0 unspecified atom stereocenters. The van der Waals surface area contributed by atoms with E-state index in [0.29, 0.717) is 10.8 Å². The molecule has 3 aromatic carbocycles. The topological polar surface area (TPSA) is 129 Å². The first kappa shape index (κ1) is 29.0. The molecule has 0 bridgehead atoms. The highest BCUT2D eigenvalue weighted by Crippen LogP contribution is 2.37. The number of sulfonamides is 1. The van der Waals surface area contributed by atoms with E-state index in [9.17, 15) is 13.7 Å². The van der Waals surface area contributed by atoms with Crippen molar-refractivity contribution in [2.45, 2.75) is 30.7 Å². The van der Waals surface area contributed by atoms with Gasteiger partial charge >= 0.3 is 0 Å². The van der Waals surface area contributed by atoms with Crippen LogP contribution in [0.25, 0.3) is 11.1 Å². The molecule has 4 aromatic rings. The first-order valence-corrected chi connectivity index (χ1v) is 15.9. The number of aromatic nitrogens is 2. The van der Waals surface area contributed by atoms with Crippen molar-refractivity contribution in [3.8, 4) is 28.7 Å². The van der Waals surface area contributed by atoms with Crippen LogP contribution in [0.15, 0.2) is 71.9 Å². The minimum Gasteiger partial charge on any atom is -0.455 e. The van der Waals surface area contributed by atoms with Gasteiger partial charge in [-0.3, -0.25) is 4.72 Å². The van der Waals surface area contributed by atoms with Gasteiger partial charge in [0.05, 0.1) is 10.5 Å². The predicted octanol–water partition coefficient (Wildman–Crippen LogP) is 5.80. The molecule has 12 heteroatoms. The minimum atomic E-state index is -3.96. The molecule has 0 atom stereocenters. The van der Waals surface area contributed by atoms with Crippen LogP contribution in [0.2, 0.25) is 5.02 Å². The molecule has 0 radical (unpaired) electrons. The van der Waals surface area contributed by atoms with Gasteiger partial charge in [0.1, 0.15) is 23.9 Å². The molecule has 0 saturated carbocycles. The highest BCUT2D eigenvalue weighted by Gasteiger charge is 2.19. The fourth-order valence-corrected chi connectivity index (χ4v) is 6.60. The SMILES string of the molecule is N#Cc1cc(S(=O)(=O)Nc2ncns2)ccc1Oc1ccc(Cl)cc1-c1cccc(CNCCC2CCNCC2)c1. The van der Waals surface area contributed by atoms with E-state index in [2.05, 4.69) is 36.8 Å². The van der Waals surface area contributed by atoms with E-state index in [4.69, 9.17) is 16.3 Å². The lowest BCUT2D eigenvalue weighted by Gasteiger charge is -2.22. The number of nitrogens with one attached hydrogen (secondary N) is 3. The van der Waals surface area contributed by atoms with E-state index in [1.165, 1.54) is 43.8 Å². The fraction of sp³-hybridized carbons (Fsp3) is 0.276. The fourth-order valence-electron chi connectivity index (χ4n) is 4.74. The number of halogens is 1. The van der Waals surface area contributed by atoms with Crippen molar-refractivity contribution in [2.24, 2.45) is 5.92 Å². The first-order chi connectivity index (χ1) is 19.9. The maximum absolute atomic E-state index is 12.8. The second-order valence-electron chi connectivity index (χ2n) is 9.72. The summed E-state index contributed by atoms with van der Waals surface area (Å²) < 4.78 is 37.9. The van der Waals surface area contributed by atoms with E-state index in [1.54, 1.807) is 12.1 Å². The summed E-state index contributed by atoms with van der Waals surface area (Å²) in [5, 5.41) is 17.5. The smallest absolute Gasteiger partial charge is 0.263 e. The van der Waals surface area contributed by atoms with Crippen molar-refractivity contribution in [1.29, 1.82) is 5.26 Å². The predicted molar refractivity (Wildman–Crippen MR) is 161 cm³/mol. The molecular formula is C29H29ClN6O3S2. The summed E-state index contributed by atoms with van der Waals surface area (Å²) in [6, 6.07) is 19.6. The Hall–Kier alpha value is -3.53. The van der Waals surface area contributed by atoms with E-state index in [1.807, 2.05) is 24.3 Å². The third-order valence-corrected chi connectivity index (χ3v) is 9.16. The van der Waals surface area contributed by atoms with Crippen LogP contribution in [0.5, 0.6) is 11.5 Å². The summed E-state index contributed by atoms with van der Waals surface area (Å²) in [5.41, 5.74) is 2.87. The van der Waals surface area contributed by atoms with Crippen LogP contribution in [-0.2, 0) is 16.6 Å². The summed E-state index contributed by atoms with van der Waals surface area (Å²) in [5.74, 6) is 1.49. The molecule has 2 heterocycles. The van der Waals surface area contributed by atoms with Gasteiger partial charge in [-0.25, -0.2) is 13.4 Å². The Morgan fingerprint density at radius 3 is 2.71 bits per heavy atom. The van der Waals surface area contributed by atoms with Gasteiger partial charge < -0.3 is 15.4 Å². The van der Waals surface area contributed by atoms with Gasteiger partial charge in [0.15, 0.2) is 0 Å². The average molecular weight is 609 g/mol. The Balaban J connectivity index is 1.32. The molecule has 5 rings (SSSR count). The zero-order valence-corrected chi connectivity index (χ0v) is 24.5. The minimum absolute atomic E-state index is 0.0673. The van der Waals surface area contributed by atoms with Gasteiger partial charge in [-0.1, -0.05) is 29.8 Å². The quantitative estimate of drug-likeness (QED) is 0.182. The van der Waals surface area contributed by atoms with E-state index in [-0.39, 0.29) is 21.3 Å². The number of benzene rings is 3. The number of hydrogen-bond acceptors (Lipinski definition) is 9. The highest BCUT2D eigenvalue weighted by atomic mass is 35.5. The van der Waals surface area contributed by atoms with Gasteiger partial charge in [-0.15, -0.1) is 0 Å². The zero-order chi connectivity index (χ0) is 28.7. The lowest BCUT2D eigenvalue weighted by atomic mass is 9.95. The summed E-state index contributed by atoms with van der Waals surface area (Å²) in [6.07, 6.45) is 4.91. The summed E-state index contributed by atoms with van der Waals surface area (Å²) in [4.78, 5) is 3.76. The molecule has 0 spiro atoms. The molecule has 1 aliphatic heterocycles. The molecule has 1 saturated heterocycles. The van der Waals surface area contributed by atoms with Gasteiger partial charge in [0.25, 0.3) is 10.0 Å². The van der Waals surface area contributed by atoms with Crippen molar-refractivity contribution >= 4 is 38.3 Å². The molecule has 0 amide bonds. The third kappa shape index (κ3) is 7.61. The van der Waals surface area contributed by atoms with Gasteiger partial charge in [-0.05, 0) is 98.4 Å². The van der Waals surface area contributed by atoms with Crippen LogP contribution >= 0.6 is 23.1 Å². The molecule has 1 fully saturated rings. The lowest BCUT2D eigenvalue weighted by molar-refractivity contribution is 0.348. The largest absolute Gasteiger partial charge is 0.455 e. The molecule has 0 aliphatic carbocycles. The van der Waals surface area contributed by atoms with Crippen molar-refractivity contribution in [3.63, 3.8) is 0 Å². The molecule has 212 valence electrons. The maximum atomic E-state index is 12.8.